The van der Waals surface area contributed by atoms with E-state index in [0.717, 1.165) is 9.80 Å². The number of ether oxygens (including phenoxy) is 1. The van der Waals surface area contributed by atoms with E-state index in [2.05, 4.69) is 31.9 Å². The molecule has 0 radical (unpaired) electrons. The Morgan fingerprint density at radius 3 is 1.50 bits per heavy atom. The molecule has 0 aromatic carbocycles. The number of rotatable bonds is 18. The van der Waals surface area contributed by atoms with E-state index in [0.29, 0.717) is 26.2 Å². The van der Waals surface area contributed by atoms with Crippen molar-refractivity contribution in [1.82, 2.24) is 66.2 Å². The number of hydrogen-bond donors (Lipinski definition) is 7. The molecule has 2 aliphatic heterocycles. The van der Waals surface area contributed by atoms with Gasteiger partial charge in [-0.3, -0.25) is 57.5 Å². The summed E-state index contributed by atoms with van der Waals surface area (Å²) in [5.74, 6) is -11.7. The van der Waals surface area contributed by atoms with Gasteiger partial charge in [-0.05, 0) is 95.3 Å². The smallest absolute Gasteiger partial charge is 0.248 e. The first-order valence-electron chi connectivity index (χ1n) is 33.7. The fraction of sp³-hybridized carbons (Fsp3) is 0.791. The summed E-state index contributed by atoms with van der Waals surface area (Å²) in [6, 6.07) is -14.5. The van der Waals surface area contributed by atoms with Crippen molar-refractivity contribution in [1.29, 1.82) is 0 Å². The first kappa shape index (κ1) is 83.4. The number of piperazine rings is 1. The Morgan fingerprint density at radius 2 is 1.00 bits per heavy atom. The van der Waals surface area contributed by atoms with E-state index in [1.54, 1.807) is 72.4 Å². The summed E-state index contributed by atoms with van der Waals surface area (Å²) in [4.78, 5) is 184. The lowest BCUT2D eigenvalue weighted by molar-refractivity contribution is -0.157. The summed E-state index contributed by atoms with van der Waals surface area (Å²) in [6.45, 7) is 30.5. The molecule has 2 aliphatic rings. The Balaban J connectivity index is 3.00. The van der Waals surface area contributed by atoms with Crippen LogP contribution in [0.5, 0.6) is 0 Å². The highest BCUT2D eigenvalue weighted by molar-refractivity contribution is 6.00. The van der Waals surface area contributed by atoms with E-state index in [-0.39, 0.29) is 69.0 Å². The molecule has 7 N–H and O–H groups in total. The van der Waals surface area contributed by atoms with Crippen molar-refractivity contribution in [3.8, 4) is 0 Å². The van der Waals surface area contributed by atoms with E-state index in [4.69, 9.17) is 4.74 Å². The molecule has 27 heteroatoms. The number of nitrogens with one attached hydrogen (secondary N) is 6. The van der Waals surface area contributed by atoms with Crippen LogP contribution in [0.3, 0.4) is 0 Å². The van der Waals surface area contributed by atoms with Gasteiger partial charge in [0.05, 0.1) is 12.7 Å². The van der Waals surface area contributed by atoms with Crippen LogP contribution >= 0.6 is 0 Å². The molecule has 94 heavy (non-hydrogen) atoms. The molecule has 0 saturated carbocycles. The molecule has 12 amide bonds. The number of likely N-dealkylation sites (N-methyl/N-ethyl adjacent to an activating group) is 6. The Bertz CT molecular complexity index is 2610. The van der Waals surface area contributed by atoms with Crippen LogP contribution < -0.4 is 31.9 Å². The molecule has 0 aromatic rings. The lowest BCUT2D eigenvalue weighted by Crippen LogP contribution is -2.64. The minimum atomic E-state index is -1.66. The normalized spacial score (nSPS) is 27.4. The molecule has 0 spiro atoms. The van der Waals surface area contributed by atoms with Crippen LogP contribution in [0.15, 0.2) is 12.2 Å². The van der Waals surface area contributed by atoms with E-state index < -0.39 is 161 Å². The van der Waals surface area contributed by atoms with Crippen molar-refractivity contribution in [2.75, 3.05) is 81.7 Å². The van der Waals surface area contributed by atoms with E-state index in [1.165, 1.54) is 82.7 Å². The maximum Gasteiger partial charge on any atom is 0.248 e. The first-order chi connectivity index (χ1) is 43.7. The highest BCUT2D eigenvalue weighted by atomic mass is 16.5. The molecule has 0 bridgehead atoms. The average Bonchev–Trinajstić information content (AvgIpc) is 0.807. The quantitative estimate of drug-likeness (QED) is 0.0953. The predicted molar refractivity (Wildman–Crippen MR) is 358 cm³/mol. The van der Waals surface area contributed by atoms with Gasteiger partial charge in [0.25, 0.3) is 0 Å². The Labute approximate surface area is 560 Å². The van der Waals surface area contributed by atoms with Crippen LogP contribution in [-0.2, 0) is 62.3 Å². The maximum atomic E-state index is 15.2. The summed E-state index contributed by atoms with van der Waals surface area (Å²) in [5, 5.41) is 29.1. The average molecular weight is 1330 g/mol. The van der Waals surface area contributed by atoms with E-state index >= 15 is 14.4 Å². The number of aliphatic hydroxyl groups is 1. The second-order valence-electron chi connectivity index (χ2n) is 28.0. The summed E-state index contributed by atoms with van der Waals surface area (Å²) < 4.78 is 5.89. The third-order valence-corrected chi connectivity index (χ3v) is 18.0. The first-order valence-corrected chi connectivity index (χ1v) is 33.7. The van der Waals surface area contributed by atoms with Crippen molar-refractivity contribution in [2.45, 2.75) is 222 Å². The summed E-state index contributed by atoms with van der Waals surface area (Å²) in [7, 11) is 8.37. The van der Waals surface area contributed by atoms with Gasteiger partial charge in [-0.15, -0.1) is 0 Å². The van der Waals surface area contributed by atoms with Gasteiger partial charge in [-0.1, -0.05) is 102 Å². The van der Waals surface area contributed by atoms with Gasteiger partial charge in [0.2, 0.25) is 70.9 Å². The largest absolute Gasteiger partial charge is 0.390 e. The third kappa shape index (κ3) is 23.3. The van der Waals surface area contributed by atoms with Crippen LogP contribution in [0.2, 0.25) is 0 Å². The van der Waals surface area contributed by atoms with Crippen LogP contribution in [0.25, 0.3) is 0 Å². The molecule has 2 heterocycles. The molecule has 27 nitrogen and oxygen atoms in total. The third-order valence-electron chi connectivity index (χ3n) is 18.0. The lowest BCUT2D eigenvalue weighted by Gasteiger charge is -2.41. The van der Waals surface area contributed by atoms with Crippen molar-refractivity contribution in [3.63, 3.8) is 0 Å². The number of hydrogen-bond acceptors (Lipinski definition) is 15. The molecule has 2 rings (SSSR count). The zero-order chi connectivity index (χ0) is 72.1. The fourth-order valence-electron chi connectivity index (χ4n) is 11.7. The van der Waals surface area contributed by atoms with Crippen LogP contribution in [0.1, 0.15) is 150 Å². The zero-order valence-electron chi connectivity index (χ0n) is 60.8. The van der Waals surface area contributed by atoms with Gasteiger partial charge in [0.1, 0.15) is 73.1 Å². The maximum absolute atomic E-state index is 15.2. The second-order valence-corrected chi connectivity index (χ2v) is 28.0. The van der Waals surface area contributed by atoms with Crippen LogP contribution in [0, 0.1) is 41.4 Å². The minimum absolute atomic E-state index is 0.0347. The molecule has 14 atom stereocenters. The second kappa shape index (κ2) is 38.7. The summed E-state index contributed by atoms with van der Waals surface area (Å²) >= 11 is 0. The number of aliphatic hydroxyl groups excluding tert-OH is 1. The zero-order valence-corrected chi connectivity index (χ0v) is 60.8. The fourth-order valence-corrected chi connectivity index (χ4v) is 11.7. The highest BCUT2D eigenvalue weighted by Gasteiger charge is 2.46. The number of carbonyl (C=O) groups is 12. The van der Waals surface area contributed by atoms with E-state index in [9.17, 15) is 48.3 Å². The Kier molecular flexibility index (Phi) is 34.3. The molecular weight excluding hydrogens is 1210 g/mol. The van der Waals surface area contributed by atoms with Crippen molar-refractivity contribution in [2.24, 2.45) is 41.4 Å². The summed E-state index contributed by atoms with van der Waals surface area (Å²) in [5.41, 5.74) is 0. The molecular formula is C67H119N13O14. The van der Waals surface area contributed by atoms with Crippen LogP contribution in [0.4, 0.5) is 0 Å². The van der Waals surface area contributed by atoms with Gasteiger partial charge >= 0.3 is 0 Å². The van der Waals surface area contributed by atoms with Gasteiger partial charge in [-0.25, -0.2) is 0 Å². The number of nitrogens with zero attached hydrogens (tertiary/aromatic N) is 7. The van der Waals surface area contributed by atoms with Crippen molar-refractivity contribution >= 4 is 70.9 Å². The molecule has 0 aromatic heterocycles. The molecule has 0 unspecified atom stereocenters. The van der Waals surface area contributed by atoms with Gasteiger partial charge in [0, 0.05) is 74.4 Å². The minimum Gasteiger partial charge on any atom is -0.390 e. The Hall–Kier alpha value is -6.74. The summed E-state index contributed by atoms with van der Waals surface area (Å²) in [6.07, 6.45) is 2.65. The monoisotopic (exact) mass is 1330 g/mol. The SMILES string of the molecule is C/C=C/C[C@@H](C)[C@@H](O)[C@H]1C(=O)N[C@@H](CC)C(=O)N(C)[C@H](C)C(=O)N[C@@H]([C@H](C)COCC(=O)N2CCNCC2)C(=O)N[C@@H](C(C)C)C(=O)N(C)[C@@H](CC(C)C)C(=O)N[C@@H](C)C(=O)N[C@H](C)C(=O)N(C)[C@@H](CC(C)C)C(=O)N(C)[C@@H](CC(C)C)C(=O)N(C)[C@@H](C(C)C)C(=O)N1C. The van der Waals surface area contributed by atoms with Gasteiger partial charge in [0.15, 0.2) is 0 Å². The number of carbonyl (C=O) groups excluding carboxylic acids is 12. The molecule has 2 saturated heterocycles. The van der Waals surface area contributed by atoms with E-state index in [1.807, 2.05) is 41.5 Å². The van der Waals surface area contributed by atoms with Crippen molar-refractivity contribution in [3.05, 3.63) is 12.2 Å². The van der Waals surface area contributed by atoms with Crippen molar-refractivity contribution < 1.29 is 67.4 Å². The highest BCUT2D eigenvalue weighted by Crippen LogP contribution is 2.26. The number of allylic oxidation sites excluding steroid dienone is 2. The lowest BCUT2D eigenvalue weighted by atomic mass is 9.91. The molecule has 536 valence electrons. The Morgan fingerprint density at radius 1 is 0.521 bits per heavy atom. The van der Waals surface area contributed by atoms with Gasteiger partial charge in [-0.2, -0.15) is 0 Å². The standard InChI is InChI=1S/C67H119N13O14/c1-24-26-27-42(13)56(82)55-61(87)71-47(25-2)63(89)74(18)46(17)58(84)73-53(43(14)35-94-36-51(81)80-30-28-68-29-31-80)60(86)72-52(40(9)10)66(92)75(19)48(32-37(3)4)59(85)69-44(15)57(83)70-45(16)62(88)76(20)49(33-38(5)6)64(90)77(21)50(34-39(7)8)65(91)78(22)54(41(11)12)67(93)79(55)23/h24,26,37-50,52-56,68,82H,25,27-36H2,1-23H3,(H,69,85)(H,70,83)(H,71,87)(H,72,86)(H,73,84)/b26-24+/t42-,43-,44+,45-,46-,47+,48+,49+,50+,52+,53+,54+,55+,56-/m1/s1. The molecule has 2 fully saturated rings. The topological polar surface area (TPSA) is 329 Å². The number of amides is 12. The van der Waals surface area contributed by atoms with Crippen LogP contribution in [-0.4, -0.2) is 265 Å². The van der Waals surface area contributed by atoms with Gasteiger partial charge < -0.3 is 76.0 Å². The molecule has 0 aliphatic carbocycles. The predicted octanol–water partition coefficient (Wildman–Crippen LogP) is 1.35.